The first kappa shape index (κ1) is 11.9. The number of hydrogen-bond donors (Lipinski definition) is 1. The van der Waals surface area contributed by atoms with Gasteiger partial charge in [-0.25, -0.2) is 4.39 Å². The van der Waals surface area contributed by atoms with Crippen LogP contribution in [-0.4, -0.2) is 18.9 Å². The lowest BCUT2D eigenvalue weighted by atomic mass is 10.1. The molecule has 92 valence electrons. The molecule has 0 saturated carbocycles. The smallest absolute Gasteiger partial charge is 0.372 e. The number of nitrogens with zero attached hydrogens (tertiary/aromatic N) is 1. The standard InChI is InChI=1S/C11H10F4N2/c12-9-2-1-8(11(13,14)15)5-7(9)6-10-16-3-4-17-10/h1-2,5H,3-4,6H2,(H,16,17). The van der Waals surface area contributed by atoms with Gasteiger partial charge in [-0.1, -0.05) is 0 Å². The number of aliphatic imine (C=N–C) groups is 1. The first-order valence-corrected chi connectivity index (χ1v) is 5.09. The van der Waals surface area contributed by atoms with E-state index in [1.807, 2.05) is 0 Å². The van der Waals surface area contributed by atoms with Crippen molar-refractivity contribution < 1.29 is 17.6 Å². The molecule has 0 bridgehead atoms. The van der Waals surface area contributed by atoms with Crippen molar-refractivity contribution in [1.29, 1.82) is 0 Å². The third-order valence-electron chi connectivity index (χ3n) is 2.47. The summed E-state index contributed by atoms with van der Waals surface area (Å²) in [5.74, 6) is -0.113. The average molecular weight is 246 g/mol. The van der Waals surface area contributed by atoms with E-state index in [9.17, 15) is 17.6 Å². The van der Waals surface area contributed by atoms with Crippen LogP contribution in [0.3, 0.4) is 0 Å². The van der Waals surface area contributed by atoms with Crippen LogP contribution in [0.2, 0.25) is 0 Å². The van der Waals surface area contributed by atoms with E-state index in [0.717, 1.165) is 18.2 Å². The molecule has 2 rings (SSSR count). The number of halogens is 4. The van der Waals surface area contributed by atoms with Crippen LogP contribution in [0, 0.1) is 5.82 Å². The molecule has 0 saturated heterocycles. The Bertz CT molecular complexity index is 451. The van der Waals surface area contributed by atoms with E-state index in [0.29, 0.717) is 18.9 Å². The molecule has 0 amide bonds. The summed E-state index contributed by atoms with van der Waals surface area (Å²) < 4.78 is 50.7. The van der Waals surface area contributed by atoms with Gasteiger partial charge < -0.3 is 5.32 Å². The SMILES string of the molecule is Fc1ccc(C(F)(F)F)cc1CC1=NCCN1. The summed E-state index contributed by atoms with van der Waals surface area (Å²) in [6, 6.07) is 2.41. The predicted molar refractivity (Wildman–Crippen MR) is 55.4 cm³/mol. The quantitative estimate of drug-likeness (QED) is 0.796. The Morgan fingerprint density at radius 3 is 2.65 bits per heavy atom. The molecule has 17 heavy (non-hydrogen) atoms. The number of alkyl halides is 3. The molecule has 0 aliphatic carbocycles. The lowest BCUT2D eigenvalue weighted by molar-refractivity contribution is -0.137. The third-order valence-corrected chi connectivity index (χ3v) is 2.47. The number of amidine groups is 1. The van der Waals surface area contributed by atoms with Gasteiger partial charge in [0.2, 0.25) is 0 Å². The van der Waals surface area contributed by atoms with Crippen LogP contribution < -0.4 is 5.32 Å². The van der Waals surface area contributed by atoms with Gasteiger partial charge in [0.25, 0.3) is 0 Å². The molecular weight excluding hydrogens is 236 g/mol. The second kappa shape index (κ2) is 4.35. The molecule has 0 unspecified atom stereocenters. The van der Waals surface area contributed by atoms with Crippen LogP contribution in [0.25, 0.3) is 0 Å². The highest BCUT2D eigenvalue weighted by Crippen LogP contribution is 2.30. The molecule has 1 heterocycles. The van der Waals surface area contributed by atoms with E-state index in [-0.39, 0.29) is 12.0 Å². The number of rotatable bonds is 2. The number of nitrogens with one attached hydrogen (secondary N) is 1. The average Bonchev–Trinajstić information content (AvgIpc) is 2.72. The number of hydrogen-bond acceptors (Lipinski definition) is 2. The van der Waals surface area contributed by atoms with Crippen molar-refractivity contribution in [3.05, 3.63) is 35.1 Å². The van der Waals surface area contributed by atoms with Gasteiger partial charge in [-0.3, -0.25) is 4.99 Å². The van der Waals surface area contributed by atoms with Crippen LogP contribution in [-0.2, 0) is 12.6 Å². The Kier molecular flexibility index (Phi) is 3.04. The summed E-state index contributed by atoms with van der Waals surface area (Å²) in [6.07, 6.45) is -4.39. The van der Waals surface area contributed by atoms with Crippen molar-refractivity contribution >= 4 is 5.84 Å². The highest BCUT2D eigenvalue weighted by molar-refractivity contribution is 5.85. The predicted octanol–water partition coefficient (Wildman–Crippen LogP) is 2.39. The van der Waals surface area contributed by atoms with Gasteiger partial charge in [0.1, 0.15) is 11.7 Å². The maximum Gasteiger partial charge on any atom is 0.416 e. The largest absolute Gasteiger partial charge is 0.416 e. The van der Waals surface area contributed by atoms with Crippen LogP contribution >= 0.6 is 0 Å². The molecule has 1 aromatic carbocycles. The Hall–Kier alpha value is -1.59. The maximum atomic E-state index is 13.4. The fourth-order valence-electron chi connectivity index (χ4n) is 1.63. The van der Waals surface area contributed by atoms with Gasteiger partial charge in [0, 0.05) is 13.0 Å². The molecule has 1 aliphatic heterocycles. The first-order chi connectivity index (χ1) is 7.97. The minimum Gasteiger partial charge on any atom is -0.372 e. The van der Waals surface area contributed by atoms with E-state index < -0.39 is 17.6 Å². The van der Waals surface area contributed by atoms with E-state index >= 15 is 0 Å². The molecular formula is C11H10F4N2. The Morgan fingerprint density at radius 2 is 2.06 bits per heavy atom. The molecule has 0 aromatic heterocycles. The fraction of sp³-hybridized carbons (Fsp3) is 0.364. The Balaban J connectivity index is 2.26. The summed E-state index contributed by atoms with van der Waals surface area (Å²) in [6.45, 7) is 1.23. The van der Waals surface area contributed by atoms with Gasteiger partial charge in [0.05, 0.1) is 12.1 Å². The van der Waals surface area contributed by atoms with E-state index in [1.165, 1.54) is 0 Å². The molecule has 0 radical (unpaired) electrons. The van der Waals surface area contributed by atoms with Crippen molar-refractivity contribution in [2.24, 2.45) is 4.99 Å². The van der Waals surface area contributed by atoms with Crippen molar-refractivity contribution in [2.75, 3.05) is 13.1 Å². The topological polar surface area (TPSA) is 24.4 Å². The van der Waals surface area contributed by atoms with Crippen LogP contribution in [0.4, 0.5) is 17.6 Å². The van der Waals surface area contributed by atoms with Crippen LogP contribution in [0.5, 0.6) is 0 Å². The lowest BCUT2D eigenvalue weighted by Gasteiger charge is -2.10. The highest BCUT2D eigenvalue weighted by Gasteiger charge is 2.31. The van der Waals surface area contributed by atoms with Crippen LogP contribution in [0.15, 0.2) is 23.2 Å². The molecule has 2 nitrogen and oxygen atoms in total. The van der Waals surface area contributed by atoms with Gasteiger partial charge >= 0.3 is 6.18 Å². The van der Waals surface area contributed by atoms with Crippen molar-refractivity contribution in [3.63, 3.8) is 0 Å². The molecule has 6 heteroatoms. The Morgan fingerprint density at radius 1 is 1.29 bits per heavy atom. The first-order valence-electron chi connectivity index (χ1n) is 5.09. The zero-order chi connectivity index (χ0) is 12.5. The molecule has 0 atom stereocenters. The minimum absolute atomic E-state index is 0.00738. The zero-order valence-electron chi connectivity index (χ0n) is 8.81. The molecule has 1 N–H and O–H groups in total. The normalized spacial score (nSPS) is 15.6. The molecule has 1 aromatic rings. The van der Waals surface area contributed by atoms with Crippen molar-refractivity contribution in [1.82, 2.24) is 5.32 Å². The highest BCUT2D eigenvalue weighted by atomic mass is 19.4. The molecule has 0 spiro atoms. The van der Waals surface area contributed by atoms with Gasteiger partial charge in [0.15, 0.2) is 0 Å². The van der Waals surface area contributed by atoms with Gasteiger partial charge in [-0.15, -0.1) is 0 Å². The van der Waals surface area contributed by atoms with Gasteiger partial charge in [-0.2, -0.15) is 13.2 Å². The fourth-order valence-corrected chi connectivity index (χ4v) is 1.63. The lowest BCUT2D eigenvalue weighted by Crippen LogP contribution is -2.21. The second-order valence-electron chi connectivity index (χ2n) is 3.74. The minimum atomic E-state index is -4.45. The van der Waals surface area contributed by atoms with Crippen LogP contribution in [0.1, 0.15) is 11.1 Å². The van der Waals surface area contributed by atoms with Crippen molar-refractivity contribution in [2.45, 2.75) is 12.6 Å². The zero-order valence-corrected chi connectivity index (χ0v) is 8.81. The van der Waals surface area contributed by atoms with E-state index in [1.54, 1.807) is 0 Å². The molecule has 0 fully saturated rings. The summed E-state index contributed by atoms with van der Waals surface area (Å²) in [7, 11) is 0. The van der Waals surface area contributed by atoms with Gasteiger partial charge in [-0.05, 0) is 23.8 Å². The Labute approximate surface area is 95.4 Å². The third kappa shape index (κ3) is 2.75. The summed E-state index contributed by atoms with van der Waals surface area (Å²) in [4.78, 5) is 4.02. The van der Waals surface area contributed by atoms with Crippen molar-refractivity contribution in [3.8, 4) is 0 Å². The summed E-state index contributed by atoms with van der Waals surface area (Å²) >= 11 is 0. The van der Waals surface area contributed by atoms with E-state index in [2.05, 4.69) is 10.3 Å². The molecule has 1 aliphatic rings. The summed E-state index contributed by atoms with van der Waals surface area (Å²) in [5, 5.41) is 2.89. The van der Waals surface area contributed by atoms with E-state index in [4.69, 9.17) is 0 Å². The monoisotopic (exact) mass is 246 g/mol. The second-order valence-corrected chi connectivity index (χ2v) is 3.74. The summed E-state index contributed by atoms with van der Waals surface area (Å²) in [5.41, 5.74) is -0.833. The maximum absolute atomic E-state index is 13.4. The number of benzene rings is 1.